The van der Waals surface area contributed by atoms with Crippen LogP contribution in [0.3, 0.4) is 0 Å². The maximum atomic E-state index is 4.63. The molecule has 0 aliphatic carbocycles. The monoisotopic (exact) mass is 266 g/mol. The van der Waals surface area contributed by atoms with Crippen molar-refractivity contribution in [2.45, 2.75) is 47.0 Å². The van der Waals surface area contributed by atoms with E-state index in [1.54, 1.807) is 0 Å². The van der Waals surface area contributed by atoms with Crippen LogP contribution in [0.4, 0.5) is 0 Å². The minimum absolute atomic E-state index is 0.988. The summed E-state index contributed by atoms with van der Waals surface area (Å²) in [5.74, 6) is 0. The fourth-order valence-electron chi connectivity index (χ4n) is 2.09. The molecule has 0 spiro atoms. The van der Waals surface area contributed by atoms with Gasteiger partial charge in [0, 0.05) is 4.91 Å². The first-order chi connectivity index (χ1) is 8.04. The number of allylic oxidation sites excluding steroid dienone is 1. The van der Waals surface area contributed by atoms with E-state index in [0.29, 0.717) is 0 Å². The molecule has 0 bridgehead atoms. The van der Waals surface area contributed by atoms with Gasteiger partial charge in [-0.1, -0.05) is 32.9 Å². The number of thiol groups is 2. The molecule has 0 aliphatic rings. The van der Waals surface area contributed by atoms with Crippen LogP contribution in [0.2, 0.25) is 0 Å². The van der Waals surface area contributed by atoms with Gasteiger partial charge in [-0.25, -0.2) is 0 Å². The molecule has 0 saturated heterocycles. The molecule has 0 fully saturated rings. The summed E-state index contributed by atoms with van der Waals surface area (Å²) >= 11 is 9.06. The Morgan fingerprint density at radius 1 is 0.941 bits per heavy atom. The fraction of sp³-hybridized carbons (Fsp3) is 0.467. The van der Waals surface area contributed by atoms with Crippen molar-refractivity contribution < 1.29 is 0 Å². The van der Waals surface area contributed by atoms with Crippen LogP contribution in [0.5, 0.6) is 0 Å². The Labute approximate surface area is 116 Å². The van der Waals surface area contributed by atoms with E-state index in [1.165, 1.54) is 22.3 Å². The van der Waals surface area contributed by atoms with Crippen LogP contribution in [-0.4, -0.2) is 0 Å². The van der Waals surface area contributed by atoms with Crippen molar-refractivity contribution in [1.82, 2.24) is 0 Å². The van der Waals surface area contributed by atoms with Crippen LogP contribution >= 0.6 is 25.3 Å². The van der Waals surface area contributed by atoms with E-state index in [2.05, 4.69) is 58.2 Å². The molecule has 0 amide bonds. The minimum atomic E-state index is 0.988. The lowest BCUT2D eigenvalue weighted by atomic mass is 9.93. The van der Waals surface area contributed by atoms with Crippen LogP contribution in [0.15, 0.2) is 17.0 Å². The minimum Gasteiger partial charge on any atom is -0.147 e. The number of rotatable bonds is 4. The highest BCUT2D eigenvalue weighted by atomic mass is 32.1. The van der Waals surface area contributed by atoms with E-state index < -0.39 is 0 Å². The molecular weight excluding hydrogens is 244 g/mol. The summed E-state index contributed by atoms with van der Waals surface area (Å²) in [5.41, 5.74) is 5.49. The van der Waals surface area contributed by atoms with Gasteiger partial charge in [-0.3, -0.25) is 0 Å². The number of hydrogen-bond acceptors (Lipinski definition) is 2. The molecular formula is C15H22S2. The maximum absolute atomic E-state index is 4.63. The molecule has 0 aliphatic heterocycles. The average molecular weight is 266 g/mol. The number of benzene rings is 1. The second-order valence-corrected chi connectivity index (χ2v) is 5.40. The summed E-state index contributed by atoms with van der Waals surface area (Å²) in [6.07, 6.45) is 3.17. The fourth-order valence-corrected chi connectivity index (χ4v) is 2.49. The zero-order valence-electron chi connectivity index (χ0n) is 11.2. The summed E-state index contributed by atoms with van der Waals surface area (Å²) in [5, 5.41) is 0. The molecule has 1 aromatic rings. The molecule has 0 N–H and O–H groups in total. The van der Waals surface area contributed by atoms with E-state index in [4.69, 9.17) is 0 Å². The predicted molar refractivity (Wildman–Crippen MR) is 85.1 cm³/mol. The molecule has 0 unspecified atom stereocenters. The standard InChI is InChI=1S/C15H22S2/c1-5-11-8-12(6-2)14(13(7-3)9-11)15(17)10(4)16/h8-9,16-17H,5-7H2,1-4H3. The van der Waals surface area contributed by atoms with Crippen LogP contribution < -0.4 is 0 Å². The van der Waals surface area contributed by atoms with Crippen molar-refractivity contribution in [2.24, 2.45) is 0 Å². The van der Waals surface area contributed by atoms with Gasteiger partial charge in [0.1, 0.15) is 0 Å². The Morgan fingerprint density at radius 3 is 1.71 bits per heavy atom. The largest absolute Gasteiger partial charge is 0.147 e. The quantitative estimate of drug-likeness (QED) is 0.710. The molecule has 17 heavy (non-hydrogen) atoms. The number of hydrogen-bond donors (Lipinski definition) is 2. The maximum Gasteiger partial charge on any atom is 0.0208 e. The molecule has 0 saturated carbocycles. The molecule has 0 radical (unpaired) electrons. The highest BCUT2D eigenvalue weighted by molar-refractivity contribution is 7.93. The highest BCUT2D eigenvalue weighted by Crippen LogP contribution is 2.32. The lowest BCUT2D eigenvalue weighted by molar-refractivity contribution is 1.03. The Hall–Kier alpha value is -0.340. The Balaban J connectivity index is 3.51. The zero-order chi connectivity index (χ0) is 13.0. The van der Waals surface area contributed by atoms with Gasteiger partial charge < -0.3 is 0 Å². The van der Waals surface area contributed by atoms with Crippen LogP contribution in [-0.2, 0) is 19.3 Å². The summed E-state index contributed by atoms with van der Waals surface area (Å²) in [6.45, 7) is 8.60. The molecule has 0 aromatic heterocycles. The Kier molecular flexibility index (Phi) is 5.68. The van der Waals surface area contributed by atoms with E-state index >= 15 is 0 Å². The van der Waals surface area contributed by atoms with Gasteiger partial charge in [0.05, 0.1) is 0 Å². The van der Waals surface area contributed by atoms with Gasteiger partial charge in [-0.15, -0.1) is 25.3 Å². The first-order valence-electron chi connectivity index (χ1n) is 6.28. The van der Waals surface area contributed by atoms with Gasteiger partial charge in [0.2, 0.25) is 0 Å². The third-order valence-electron chi connectivity index (χ3n) is 3.11. The lowest BCUT2D eigenvalue weighted by Gasteiger charge is -2.16. The third kappa shape index (κ3) is 3.32. The first kappa shape index (κ1) is 14.7. The predicted octanol–water partition coefficient (Wildman–Crippen LogP) is 4.92. The summed E-state index contributed by atoms with van der Waals surface area (Å²) in [6, 6.07) is 4.61. The van der Waals surface area contributed by atoms with E-state index in [0.717, 1.165) is 29.1 Å². The van der Waals surface area contributed by atoms with Gasteiger partial charge in [0.15, 0.2) is 0 Å². The van der Waals surface area contributed by atoms with Crippen LogP contribution in [0.1, 0.15) is 49.9 Å². The van der Waals surface area contributed by atoms with Crippen molar-refractivity contribution in [3.05, 3.63) is 39.3 Å². The molecule has 1 rings (SSSR count). The van der Waals surface area contributed by atoms with Crippen molar-refractivity contribution in [3.63, 3.8) is 0 Å². The smallest absolute Gasteiger partial charge is 0.0208 e. The normalized spacial score (nSPS) is 12.6. The van der Waals surface area contributed by atoms with Gasteiger partial charge in [-0.05, 0) is 53.3 Å². The van der Waals surface area contributed by atoms with Gasteiger partial charge in [-0.2, -0.15) is 0 Å². The van der Waals surface area contributed by atoms with Crippen LogP contribution in [0, 0.1) is 0 Å². The van der Waals surface area contributed by atoms with E-state index in [-0.39, 0.29) is 0 Å². The van der Waals surface area contributed by atoms with Gasteiger partial charge in [0.25, 0.3) is 0 Å². The Morgan fingerprint density at radius 2 is 1.41 bits per heavy atom. The van der Waals surface area contributed by atoms with Crippen LogP contribution in [0.25, 0.3) is 4.91 Å². The second kappa shape index (κ2) is 6.55. The van der Waals surface area contributed by atoms with Crippen molar-refractivity contribution in [2.75, 3.05) is 0 Å². The molecule has 0 atom stereocenters. The summed E-state index contributed by atoms with van der Waals surface area (Å²) < 4.78 is 0. The average Bonchev–Trinajstić information content (AvgIpc) is 2.35. The Bertz CT molecular complexity index is 402. The molecule has 94 valence electrons. The first-order valence-corrected chi connectivity index (χ1v) is 7.18. The summed E-state index contributed by atoms with van der Waals surface area (Å²) in [7, 11) is 0. The van der Waals surface area contributed by atoms with Crippen molar-refractivity contribution in [3.8, 4) is 0 Å². The van der Waals surface area contributed by atoms with Crippen molar-refractivity contribution in [1.29, 1.82) is 0 Å². The topological polar surface area (TPSA) is 0 Å². The van der Waals surface area contributed by atoms with Crippen molar-refractivity contribution >= 4 is 30.2 Å². The highest BCUT2D eigenvalue weighted by Gasteiger charge is 2.11. The number of aryl methyl sites for hydroxylation is 3. The molecule has 0 nitrogen and oxygen atoms in total. The molecule has 1 aromatic carbocycles. The molecule has 2 heteroatoms. The zero-order valence-corrected chi connectivity index (χ0v) is 13.0. The SMILES string of the molecule is CCc1cc(CC)c(C(S)=C(C)S)c(CC)c1. The lowest BCUT2D eigenvalue weighted by Crippen LogP contribution is -1.99. The van der Waals surface area contributed by atoms with Gasteiger partial charge >= 0.3 is 0 Å². The second-order valence-electron chi connectivity index (χ2n) is 4.28. The van der Waals surface area contributed by atoms with E-state index in [1.807, 2.05) is 6.92 Å². The summed E-state index contributed by atoms with van der Waals surface area (Å²) in [4.78, 5) is 2.01. The van der Waals surface area contributed by atoms with E-state index in [9.17, 15) is 0 Å². The molecule has 0 heterocycles. The third-order valence-corrected chi connectivity index (χ3v) is 4.07.